The topological polar surface area (TPSA) is 84.2 Å². The first kappa shape index (κ1) is 14.7. The molecule has 0 atom stereocenters. The number of hydrogen-bond donors (Lipinski definition) is 3. The Kier molecular flexibility index (Phi) is 4.20. The van der Waals surface area contributed by atoms with Crippen molar-refractivity contribution in [3.63, 3.8) is 0 Å². The monoisotopic (exact) mass is 283 g/mol. The average Bonchev–Trinajstić information content (AvgIpc) is 2.27. The van der Waals surface area contributed by atoms with Gasteiger partial charge in [-0.2, -0.15) is 21.6 Å². The standard InChI is InChI=1S/C9H12F3N3O2S/c1-14-18(16,17)15-8-3-2-6(5-13)4-7(8)9(10,11)12/h2-4,14-15H,5,13H2,1H3. The van der Waals surface area contributed by atoms with Crippen LogP contribution in [0, 0.1) is 0 Å². The molecule has 4 N–H and O–H groups in total. The van der Waals surface area contributed by atoms with E-state index in [-0.39, 0.29) is 12.1 Å². The Morgan fingerprint density at radius 3 is 2.39 bits per heavy atom. The minimum Gasteiger partial charge on any atom is -0.326 e. The van der Waals surface area contributed by atoms with E-state index in [1.807, 2.05) is 4.72 Å². The zero-order valence-corrected chi connectivity index (χ0v) is 10.2. The summed E-state index contributed by atoms with van der Waals surface area (Å²) in [5.41, 5.74) is 3.88. The lowest BCUT2D eigenvalue weighted by Crippen LogP contribution is -2.27. The highest BCUT2D eigenvalue weighted by Crippen LogP contribution is 2.35. The second kappa shape index (κ2) is 5.12. The van der Waals surface area contributed by atoms with Gasteiger partial charge in [-0.3, -0.25) is 4.72 Å². The van der Waals surface area contributed by atoms with E-state index in [1.165, 1.54) is 6.07 Å². The molecule has 1 aromatic rings. The highest BCUT2D eigenvalue weighted by Gasteiger charge is 2.34. The van der Waals surface area contributed by atoms with Crippen molar-refractivity contribution >= 4 is 15.9 Å². The number of halogens is 3. The molecule has 5 nitrogen and oxygen atoms in total. The molecule has 0 aliphatic rings. The Labute approximate surface area is 102 Å². The van der Waals surface area contributed by atoms with Crippen LogP contribution in [0.5, 0.6) is 0 Å². The van der Waals surface area contributed by atoms with Crippen LogP contribution in [0.25, 0.3) is 0 Å². The fraction of sp³-hybridized carbons (Fsp3) is 0.333. The lowest BCUT2D eigenvalue weighted by atomic mass is 10.1. The maximum atomic E-state index is 12.7. The molecule has 0 fully saturated rings. The van der Waals surface area contributed by atoms with E-state index in [0.717, 1.165) is 19.2 Å². The first-order valence-corrected chi connectivity index (χ1v) is 6.29. The summed E-state index contributed by atoms with van der Waals surface area (Å²) in [6, 6.07) is 3.16. The van der Waals surface area contributed by atoms with Gasteiger partial charge in [-0.25, -0.2) is 4.72 Å². The van der Waals surface area contributed by atoms with Crippen LogP contribution in [0.3, 0.4) is 0 Å². The van der Waals surface area contributed by atoms with E-state index in [2.05, 4.69) is 0 Å². The van der Waals surface area contributed by atoms with Crippen molar-refractivity contribution < 1.29 is 21.6 Å². The fourth-order valence-electron chi connectivity index (χ4n) is 1.24. The van der Waals surface area contributed by atoms with Gasteiger partial charge >= 0.3 is 6.18 Å². The quantitative estimate of drug-likeness (QED) is 0.772. The normalized spacial score (nSPS) is 12.5. The molecule has 0 aromatic heterocycles. The van der Waals surface area contributed by atoms with E-state index in [0.29, 0.717) is 0 Å². The van der Waals surface area contributed by atoms with Crippen molar-refractivity contribution in [1.29, 1.82) is 0 Å². The zero-order chi connectivity index (χ0) is 14.0. The molecule has 0 bridgehead atoms. The Morgan fingerprint density at radius 1 is 1.33 bits per heavy atom. The van der Waals surface area contributed by atoms with Gasteiger partial charge in [0.25, 0.3) is 10.2 Å². The summed E-state index contributed by atoms with van der Waals surface area (Å²) in [4.78, 5) is 0. The van der Waals surface area contributed by atoms with Crippen molar-refractivity contribution in [3.05, 3.63) is 29.3 Å². The van der Waals surface area contributed by atoms with Gasteiger partial charge in [0, 0.05) is 13.6 Å². The van der Waals surface area contributed by atoms with Crippen molar-refractivity contribution in [2.24, 2.45) is 5.73 Å². The first-order chi connectivity index (χ1) is 8.19. The van der Waals surface area contributed by atoms with Crippen LogP contribution in [0.4, 0.5) is 18.9 Å². The summed E-state index contributed by atoms with van der Waals surface area (Å²) < 4.78 is 64.3. The number of benzene rings is 1. The van der Waals surface area contributed by atoms with Gasteiger partial charge in [0.15, 0.2) is 0 Å². The molecule has 0 unspecified atom stereocenters. The molecule has 1 rings (SSSR count). The van der Waals surface area contributed by atoms with Gasteiger partial charge < -0.3 is 5.73 Å². The molecular formula is C9H12F3N3O2S. The van der Waals surface area contributed by atoms with E-state index in [9.17, 15) is 21.6 Å². The van der Waals surface area contributed by atoms with Crippen LogP contribution in [0.15, 0.2) is 18.2 Å². The fourth-order valence-corrected chi connectivity index (χ4v) is 1.81. The van der Waals surface area contributed by atoms with Gasteiger partial charge in [-0.05, 0) is 17.7 Å². The lowest BCUT2D eigenvalue weighted by molar-refractivity contribution is -0.136. The largest absolute Gasteiger partial charge is 0.418 e. The van der Waals surface area contributed by atoms with Gasteiger partial charge in [-0.15, -0.1) is 0 Å². The summed E-state index contributed by atoms with van der Waals surface area (Å²) in [5.74, 6) is 0. The van der Waals surface area contributed by atoms with Gasteiger partial charge in [0.1, 0.15) is 0 Å². The second-order valence-corrected chi connectivity index (χ2v) is 5.01. The number of rotatable bonds is 4. The summed E-state index contributed by atoms with van der Waals surface area (Å²) in [7, 11) is -2.92. The molecule has 0 amide bonds. The Balaban J connectivity index is 3.28. The smallest absolute Gasteiger partial charge is 0.326 e. The van der Waals surface area contributed by atoms with Crippen LogP contribution in [-0.2, 0) is 22.9 Å². The van der Waals surface area contributed by atoms with E-state index < -0.39 is 27.6 Å². The van der Waals surface area contributed by atoms with Crippen molar-refractivity contribution in [2.75, 3.05) is 11.8 Å². The minimum absolute atomic E-state index is 0.0673. The maximum Gasteiger partial charge on any atom is 0.418 e. The van der Waals surface area contributed by atoms with Crippen LogP contribution < -0.4 is 15.2 Å². The van der Waals surface area contributed by atoms with Gasteiger partial charge in [-0.1, -0.05) is 6.07 Å². The minimum atomic E-state index is -4.67. The van der Waals surface area contributed by atoms with Gasteiger partial charge in [0.2, 0.25) is 0 Å². The van der Waals surface area contributed by atoms with Crippen LogP contribution in [0.2, 0.25) is 0 Å². The molecule has 0 spiro atoms. The predicted octanol–water partition coefficient (Wildman–Crippen LogP) is 1.04. The SMILES string of the molecule is CNS(=O)(=O)Nc1ccc(CN)cc1C(F)(F)F. The third-order valence-corrected chi connectivity index (χ3v) is 3.16. The third-order valence-electron chi connectivity index (χ3n) is 2.14. The van der Waals surface area contributed by atoms with Crippen LogP contribution in [0.1, 0.15) is 11.1 Å². The van der Waals surface area contributed by atoms with E-state index >= 15 is 0 Å². The van der Waals surface area contributed by atoms with E-state index in [4.69, 9.17) is 5.73 Å². The van der Waals surface area contributed by atoms with Crippen molar-refractivity contribution in [3.8, 4) is 0 Å². The highest BCUT2D eigenvalue weighted by atomic mass is 32.2. The molecule has 0 saturated heterocycles. The molecule has 9 heteroatoms. The molecule has 0 aliphatic carbocycles. The highest BCUT2D eigenvalue weighted by molar-refractivity contribution is 7.90. The molecule has 1 aromatic carbocycles. The number of anilines is 1. The molecule has 0 saturated carbocycles. The molecule has 102 valence electrons. The Bertz CT molecular complexity index is 528. The summed E-state index contributed by atoms with van der Waals surface area (Å²) in [5, 5.41) is 0. The third kappa shape index (κ3) is 3.59. The Hall–Kier alpha value is -1.32. The van der Waals surface area contributed by atoms with Gasteiger partial charge in [0.05, 0.1) is 11.3 Å². The first-order valence-electron chi connectivity index (χ1n) is 4.81. The molecule has 0 aliphatic heterocycles. The lowest BCUT2D eigenvalue weighted by Gasteiger charge is -2.15. The van der Waals surface area contributed by atoms with Crippen LogP contribution >= 0.6 is 0 Å². The molecular weight excluding hydrogens is 271 g/mol. The number of alkyl halides is 3. The zero-order valence-electron chi connectivity index (χ0n) is 9.38. The number of nitrogens with one attached hydrogen (secondary N) is 2. The molecule has 0 radical (unpaired) electrons. The summed E-state index contributed by atoms with van der Waals surface area (Å²) >= 11 is 0. The average molecular weight is 283 g/mol. The predicted molar refractivity (Wildman–Crippen MR) is 60.9 cm³/mol. The number of hydrogen-bond acceptors (Lipinski definition) is 3. The van der Waals surface area contributed by atoms with Crippen LogP contribution in [-0.4, -0.2) is 15.5 Å². The van der Waals surface area contributed by atoms with Crippen molar-refractivity contribution in [2.45, 2.75) is 12.7 Å². The number of nitrogens with two attached hydrogens (primary N) is 1. The summed E-state index contributed by atoms with van der Waals surface area (Å²) in [6.45, 7) is -0.0673. The summed E-state index contributed by atoms with van der Waals surface area (Å²) in [6.07, 6.45) is -4.67. The van der Waals surface area contributed by atoms with Crippen molar-refractivity contribution in [1.82, 2.24) is 4.72 Å². The Morgan fingerprint density at radius 2 is 1.94 bits per heavy atom. The molecule has 18 heavy (non-hydrogen) atoms. The molecule has 0 heterocycles. The maximum absolute atomic E-state index is 12.7. The van der Waals surface area contributed by atoms with E-state index in [1.54, 1.807) is 4.72 Å². The second-order valence-electron chi connectivity index (χ2n) is 3.39.